The van der Waals surface area contributed by atoms with E-state index < -0.39 is 0 Å². The molecule has 2 aromatic rings. The molecule has 1 aromatic carbocycles. The van der Waals surface area contributed by atoms with Gasteiger partial charge in [0.15, 0.2) is 5.96 Å². The van der Waals surface area contributed by atoms with Gasteiger partial charge in [-0.15, -0.1) is 0 Å². The van der Waals surface area contributed by atoms with Gasteiger partial charge in [0.05, 0.1) is 0 Å². The number of amides is 1. The Balaban J connectivity index is 1.78. The van der Waals surface area contributed by atoms with E-state index in [2.05, 4.69) is 62.0 Å². The van der Waals surface area contributed by atoms with Crippen molar-refractivity contribution in [2.75, 3.05) is 26.2 Å². The lowest BCUT2D eigenvalue weighted by Crippen LogP contribution is -2.41. The number of carbonyl (C=O) groups excluding carboxylic acids is 1. The number of aromatic nitrogens is 1. The molecule has 24 heavy (non-hydrogen) atoms. The second-order valence-corrected chi connectivity index (χ2v) is 5.59. The molecule has 1 amide bonds. The van der Waals surface area contributed by atoms with Crippen molar-refractivity contribution in [3.8, 4) is 0 Å². The van der Waals surface area contributed by atoms with E-state index in [1.807, 2.05) is 6.92 Å². The Morgan fingerprint density at radius 2 is 1.92 bits per heavy atom. The molecule has 0 saturated carbocycles. The Hall–Kier alpha value is -2.50. The minimum absolute atomic E-state index is 0.0160. The van der Waals surface area contributed by atoms with Gasteiger partial charge in [0.2, 0.25) is 5.91 Å². The van der Waals surface area contributed by atoms with Crippen LogP contribution < -0.4 is 16.0 Å². The molecule has 1 aromatic heterocycles. The molecule has 0 aliphatic heterocycles. The number of rotatable bonds is 8. The smallest absolute Gasteiger partial charge is 0.216 e. The zero-order valence-electron chi connectivity index (χ0n) is 14.5. The summed E-state index contributed by atoms with van der Waals surface area (Å²) in [4.78, 5) is 15.4. The number of nitrogens with zero attached hydrogens (tertiary/aromatic N) is 2. The fourth-order valence-corrected chi connectivity index (χ4v) is 2.53. The number of para-hydroxylation sites is 1. The number of hydrogen-bond acceptors (Lipinski definition) is 2. The van der Waals surface area contributed by atoms with E-state index in [4.69, 9.17) is 0 Å². The molecular formula is C18H27N5O. The molecule has 2 rings (SSSR count). The number of aliphatic imine (C=N–C) groups is 1. The highest BCUT2D eigenvalue weighted by Gasteiger charge is 2.00. The predicted octanol–water partition coefficient (Wildman–Crippen LogP) is 1.72. The summed E-state index contributed by atoms with van der Waals surface area (Å²) in [6.45, 7) is 7.32. The number of benzene rings is 1. The van der Waals surface area contributed by atoms with E-state index >= 15 is 0 Å². The van der Waals surface area contributed by atoms with Crippen molar-refractivity contribution in [3.05, 3.63) is 36.5 Å². The summed E-state index contributed by atoms with van der Waals surface area (Å²) in [6.07, 6.45) is 3.10. The monoisotopic (exact) mass is 329 g/mol. The number of carbonyl (C=O) groups is 1. The van der Waals surface area contributed by atoms with Crippen LogP contribution in [0.5, 0.6) is 0 Å². The molecule has 0 spiro atoms. The van der Waals surface area contributed by atoms with Crippen molar-refractivity contribution >= 4 is 22.8 Å². The second kappa shape index (κ2) is 9.60. The first-order valence-corrected chi connectivity index (χ1v) is 8.51. The van der Waals surface area contributed by atoms with Gasteiger partial charge in [0, 0.05) is 51.4 Å². The number of aryl methyl sites for hydroxylation is 1. The highest BCUT2D eigenvalue weighted by Crippen LogP contribution is 2.15. The molecule has 0 atom stereocenters. The molecule has 0 bridgehead atoms. The van der Waals surface area contributed by atoms with Gasteiger partial charge < -0.3 is 20.5 Å². The van der Waals surface area contributed by atoms with Crippen LogP contribution in [0.2, 0.25) is 0 Å². The normalized spacial score (nSPS) is 11.5. The minimum Gasteiger partial charge on any atom is -0.357 e. The minimum atomic E-state index is -0.0160. The molecule has 0 unspecified atom stereocenters. The molecule has 130 valence electrons. The zero-order valence-corrected chi connectivity index (χ0v) is 14.5. The summed E-state index contributed by atoms with van der Waals surface area (Å²) >= 11 is 0. The Kier molecular flexibility index (Phi) is 7.14. The molecule has 0 saturated heterocycles. The second-order valence-electron chi connectivity index (χ2n) is 5.59. The fourth-order valence-electron chi connectivity index (χ4n) is 2.53. The maximum Gasteiger partial charge on any atom is 0.216 e. The SMILES string of the molecule is CCNC(=NCCCn1ccc2ccccc21)NCCNC(C)=O. The van der Waals surface area contributed by atoms with Crippen molar-refractivity contribution < 1.29 is 4.79 Å². The van der Waals surface area contributed by atoms with E-state index in [1.165, 1.54) is 17.8 Å². The van der Waals surface area contributed by atoms with Crippen LogP contribution in [0.15, 0.2) is 41.5 Å². The summed E-state index contributed by atoms with van der Waals surface area (Å²) in [5.41, 5.74) is 1.27. The van der Waals surface area contributed by atoms with E-state index in [1.54, 1.807) is 0 Å². The summed E-state index contributed by atoms with van der Waals surface area (Å²) in [5, 5.41) is 10.5. The molecule has 6 nitrogen and oxygen atoms in total. The van der Waals surface area contributed by atoms with Gasteiger partial charge in [-0.05, 0) is 30.9 Å². The first-order valence-electron chi connectivity index (χ1n) is 8.51. The van der Waals surface area contributed by atoms with Gasteiger partial charge in [0.25, 0.3) is 0 Å². The van der Waals surface area contributed by atoms with Gasteiger partial charge in [0.1, 0.15) is 0 Å². The first kappa shape index (κ1) is 17.8. The van der Waals surface area contributed by atoms with Crippen LogP contribution in [0, 0.1) is 0 Å². The van der Waals surface area contributed by atoms with Crippen LogP contribution in [-0.2, 0) is 11.3 Å². The zero-order chi connectivity index (χ0) is 17.2. The van der Waals surface area contributed by atoms with Crippen LogP contribution in [-0.4, -0.2) is 42.6 Å². The standard InChI is InChI=1S/C18H27N5O/c1-3-19-18(22-12-11-20-15(2)24)21-10-6-13-23-14-9-16-7-4-5-8-17(16)23/h4-5,7-9,14H,3,6,10-13H2,1-2H3,(H,20,24)(H2,19,21,22). The Labute approximate surface area is 143 Å². The number of fused-ring (bicyclic) bond motifs is 1. The topological polar surface area (TPSA) is 70.5 Å². The summed E-state index contributed by atoms with van der Waals surface area (Å²) in [6, 6.07) is 10.6. The molecule has 1 heterocycles. The molecule has 0 fully saturated rings. The molecule has 0 radical (unpaired) electrons. The average molecular weight is 329 g/mol. The summed E-state index contributed by atoms with van der Waals surface area (Å²) in [5.74, 6) is 0.776. The van der Waals surface area contributed by atoms with E-state index in [9.17, 15) is 4.79 Å². The quantitative estimate of drug-likeness (QED) is 0.392. The highest BCUT2D eigenvalue weighted by molar-refractivity contribution is 5.80. The Morgan fingerprint density at radius 3 is 2.71 bits per heavy atom. The van der Waals surface area contributed by atoms with Crippen LogP contribution in [0.4, 0.5) is 0 Å². The Bertz CT molecular complexity index is 677. The highest BCUT2D eigenvalue weighted by atomic mass is 16.1. The van der Waals surface area contributed by atoms with Gasteiger partial charge in [-0.2, -0.15) is 0 Å². The lowest BCUT2D eigenvalue weighted by molar-refractivity contribution is -0.118. The van der Waals surface area contributed by atoms with Crippen LogP contribution in [0.25, 0.3) is 10.9 Å². The van der Waals surface area contributed by atoms with E-state index in [0.29, 0.717) is 13.1 Å². The van der Waals surface area contributed by atoms with Crippen molar-refractivity contribution in [2.24, 2.45) is 4.99 Å². The van der Waals surface area contributed by atoms with Crippen LogP contribution in [0.3, 0.4) is 0 Å². The number of nitrogens with one attached hydrogen (secondary N) is 3. The van der Waals surface area contributed by atoms with Gasteiger partial charge in [-0.25, -0.2) is 0 Å². The van der Waals surface area contributed by atoms with Gasteiger partial charge in [-0.1, -0.05) is 18.2 Å². The summed E-state index contributed by atoms with van der Waals surface area (Å²) in [7, 11) is 0. The fraction of sp³-hybridized carbons (Fsp3) is 0.444. The van der Waals surface area contributed by atoms with Crippen LogP contribution >= 0.6 is 0 Å². The third kappa shape index (κ3) is 5.61. The molecule has 3 N–H and O–H groups in total. The van der Waals surface area contributed by atoms with Crippen molar-refractivity contribution in [3.63, 3.8) is 0 Å². The summed E-state index contributed by atoms with van der Waals surface area (Å²) < 4.78 is 2.27. The Morgan fingerprint density at radius 1 is 1.12 bits per heavy atom. The maximum absolute atomic E-state index is 10.8. The molecule has 0 aliphatic carbocycles. The first-order chi connectivity index (χ1) is 11.7. The van der Waals surface area contributed by atoms with Gasteiger partial charge >= 0.3 is 0 Å². The third-order valence-electron chi connectivity index (χ3n) is 3.64. The molecule has 0 aliphatic rings. The van der Waals surface area contributed by atoms with Crippen molar-refractivity contribution in [1.29, 1.82) is 0 Å². The number of guanidine groups is 1. The van der Waals surface area contributed by atoms with Crippen molar-refractivity contribution in [2.45, 2.75) is 26.8 Å². The maximum atomic E-state index is 10.8. The number of hydrogen-bond donors (Lipinski definition) is 3. The van der Waals surface area contributed by atoms with Crippen LogP contribution in [0.1, 0.15) is 20.3 Å². The third-order valence-corrected chi connectivity index (χ3v) is 3.64. The lowest BCUT2D eigenvalue weighted by atomic mass is 10.2. The average Bonchev–Trinajstić information content (AvgIpc) is 2.98. The predicted molar refractivity (Wildman–Crippen MR) is 99.2 cm³/mol. The molecule has 6 heteroatoms. The van der Waals surface area contributed by atoms with Crippen molar-refractivity contribution in [1.82, 2.24) is 20.5 Å². The lowest BCUT2D eigenvalue weighted by Gasteiger charge is -2.11. The van der Waals surface area contributed by atoms with E-state index in [0.717, 1.165) is 32.0 Å². The van der Waals surface area contributed by atoms with Gasteiger partial charge in [-0.3, -0.25) is 9.79 Å². The van der Waals surface area contributed by atoms with E-state index in [-0.39, 0.29) is 5.91 Å². The largest absolute Gasteiger partial charge is 0.357 e. The molecular weight excluding hydrogens is 302 g/mol.